The highest BCUT2D eigenvalue weighted by Gasteiger charge is 2.61. The summed E-state index contributed by atoms with van der Waals surface area (Å²) in [6.45, 7) is 14.4. The third-order valence-electron chi connectivity index (χ3n) is 12.3. The van der Waals surface area contributed by atoms with Gasteiger partial charge in [0.1, 0.15) is 36.1 Å². The zero-order valence-electron chi connectivity index (χ0n) is 34.4. The number of likely N-dealkylation sites (tertiary alicyclic amines) is 1. The summed E-state index contributed by atoms with van der Waals surface area (Å²) >= 11 is 0. The summed E-state index contributed by atoms with van der Waals surface area (Å²) in [4.78, 5) is 61.4. The largest absolute Gasteiger partial charge is 0.491 e. The summed E-state index contributed by atoms with van der Waals surface area (Å²) in [5.74, 6) is 0.156. The predicted octanol–water partition coefficient (Wildman–Crippen LogP) is 6.24. The van der Waals surface area contributed by atoms with E-state index in [1.54, 1.807) is 30.1 Å². The summed E-state index contributed by atoms with van der Waals surface area (Å²) in [6, 6.07) is 8.32. The Labute approximate surface area is 339 Å². The number of nitrogens with one attached hydrogen (secondary N) is 1. The second-order valence-corrected chi connectivity index (χ2v) is 18.0. The fourth-order valence-corrected chi connectivity index (χ4v) is 8.86. The molecule has 1 unspecified atom stereocenters. The highest BCUT2D eigenvalue weighted by Crippen LogP contribution is 2.57. The predicted molar refractivity (Wildman–Crippen MR) is 216 cm³/mol. The zero-order valence-corrected chi connectivity index (χ0v) is 34.4. The normalized spacial score (nSPS) is 26.6. The highest BCUT2D eigenvalue weighted by atomic mass is 16.5. The van der Waals surface area contributed by atoms with Gasteiger partial charge in [-0.3, -0.25) is 19.2 Å². The minimum absolute atomic E-state index is 0.0510. The van der Waals surface area contributed by atoms with E-state index in [9.17, 15) is 24.3 Å². The first-order chi connectivity index (χ1) is 27.6. The number of fused-ring (bicyclic) bond motifs is 2. The van der Waals surface area contributed by atoms with E-state index >= 15 is 0 Å². The first-order valence-corrected chi connectivity index (χ1v) is 20.5. The summed E-state index contributed by atoms with van der Waals surface area (Å²) in [7, 11) is 1.60. The van der Waals surface area contributed by atoms with Gasteiger partial charge in [-0.1, -0.05) is 26.8 Å². The number of ether oxygens (including phenoxy) is 4. The standard InChI is InChI=1S/C44H57N5O9/c1-8-28-22-44(28,42(53)54)23-36(50)35-19-31(24-48(35)41(52)33(43(4,5)6)20-40(51)58-30-16-26-15-27(26)17-30)57-37-21-39(49-12-11-38(47-49)45-25(2)3)46-34-18-29(9-10-32(34)37)56-14-13-55-7/h8-12,18,21,25-28,30-31,33,35H,1,13-17,19-20,22-24H2,2-7H3,(H,45,47)(H,53,54)/t26-,27+,28-,30?,31-,33-,35+,44-/m1/s1. The molecule has 14 nitrogen and oxygen atoms in total. The topological polar surface area (TPSA) is 171 Å². The van der Waals surface area contributed by atoms with Crippen LogP contribution in [0.1, 0.15) is 79.6 Å². The number of hydrogen-bond donors (Lipinski definition) is 2. The Kier molecular flexibility index (Phi) is 11.6. The van der Waals surface area contributed by atoms with Crippen LogP contribution in [0.3, 0.4) is 0 Å². The number of carbonyl (C=O) groups excluding carboxylic acids is 3. The molecule has 7 rings (SSSR count). The Bertz CT molecular complexity index is 2050. The zero-order chi connectivity index (χ0) is 41.5. The lowest BCUT2D eigenvalue weighted by Crippen LogP contribution is -2.48. The number of anilines is 1. The van der Waals surface area contributed by atoms with Crippen LogP contribution in [-0.2, 0) is 28.7 Å². The number of rotatable bonds is 18. The molecule has 4 fully saturated rings. The van der Waals surface area contributed by atoms with Crippen LogP contribution in [0, 0.1) is 34.5 Å². The van der Waals surface area contributed by atoms with Gasteiger partial charge in [0.05, 0.1) is 42.5 Å². The molecular formula is C44H57N5O9. The average molecular weight is 800 g/mol. The lowest BCUT2D eigenvalue weighted by atomic mass is 9.77. The minimum atomic E-state index is -1.26. The van der Waals surface area contributed by atoms with Gasteiger partial charge in [-0.15, -0.1) is 11.7 Å². The highest BCUT2D eigenvalue weighted by molar-refractivity contribution is 5.95. The number of methoxy groups -OCH3 is 1. The van der Waals surface area contributed by atoms with E-state index in [1.165, 1.54) is 11.3 Å². The Morgan fingerprint density at radius 3 is 2.47 bits per heavy atom. The molecule has 1 aromatic carbocycles. The van der Waals surface area contributed by atoms with E-state index in [4.69, 9.17) is 23.9 Å². The molecule has 4 aliphatic rings. The van der Waals surface area contributed by atoms with Crippen LogP contribution in [0.2, 0.25) is 0 Å². The number of ketones is 1. The van der Waals surface area contributed by atoms with Crippen LogP contribution in [0.25, 0.3) is 16.7 Å². The van der Waals surface area contributed by atoms with Crippen molar-refractivity contribution in [3.05, 3.63) is 49.2 Å². The van der Waals surface area contributed by atoms with Gasteiger partial charge < -0.3 is 34.3 Å². The van der Waals surface area contributed by atoms with Crippen molar-refractivity contribution in [2.24, 2.45) is 34.5 Å². The van der Waals surface area contributed by atoms with E-state index in [0.29, 0.717) is 65.5 Å². The van der Waals surface area contributed by atoms with Crippen molar-refractivity contribution >= 4 is 40.3 Å². The molecular weight excluding hydrogens is 743 g/mol. The van der Waals surface area contributed by atoms with Gasteiger partial charge in [0.2, 0.25) is 5.91 Å². The number of carbonyl (C=O) groups is 4. The van der Waals surface area contributed by atoms with Crippen LogP contribution in [-0.4, -0.2) is 99.6 Å². The molecule has 1 aliphatic heterocycles. The quantitative estimate of drug-likeness (QED) is 0.0844. The third-order valence-corrected chi connectivity index (χ3v) is 12.3. The number of pyridine rings is 1. The Hall–Kier alpha value is -4.98. The number of aromatic nitrogens is 3. The number of hydrogen-bond acceptors (Lipinski definition) is 11. The number of allylic oxidation sites excluding steroid dienone is 1. The molecule has 58 heavy (non-hydrogen) atoms. The van der Waals surface area contributed by atoms with E-state index in [-0.39, 0.29) is 55.6 Å². The average Bonchev–Trinajstić information content (AvgIpc) is 3.83. The van der Waals surface area contributed by atoms with Crippen molar-refractivity contribution in [2.45, 2.75) is 104 Å². The second-order valence-electron chi connectivity index (χ2n) is 18.0. The number of benzene rings is 1. The van der Waals surface area contributed by atoms with Crippen molar-refractivity contribution in [3.8, 4) is 17.3 Å². The van der Waals surface area contributed by atoms with Gasteiger partial charge in [0, 0.05) is 55.8 Å². The molecule has 1 amide bonds. The van der Waals surface area contributed by atoms with Crippen LogP contribution in [0.15, 0.2) is 49.2 Å². The molecule has 0 spiro atoms. The molecule has 1 saturated heterocycles. The van der Waals surface area contributed by atoms with Crippen molar-refractivity contribution < 1.29 is 43.2 Å². The Morgan fingerprint density at radius 2 is 1.81 bits per heavy atom. The molecule has 14 heteroatoms. The molecule has 0 bridgehead atoms. The lowest BCUT2D eigenvalue weighted by molar-refractivity contribution is -0.157. The van der Waals surface area contributed by atoms with Gasteiger partial charge >= 0.3 is 11.9 Å². The van der Waals surface area contributed by atoms with Crippen molar-refractivity contribution in [1.82, 2.24) is 19.7 Å². The van der Waals surface area contributed by atoms with Gasteiger partial charge in [-0.25, -0.2) is 9.67 Å². The number of nitrogens with zero attached hydrogens (tertiary/aromatic N) is 4. The molecule has 2 N–H and O–H groups in total. The maximum atomic E-state index is 14.8. The molecule has 0 radical (unpaired) electrons. The van der Waals surface area contributed by atoms with Crippen molar-refractivity contribution in [1.29, 1.82) is 0 Å². The van der Waals surface area contributed by atoms with Gasteiger partial charge in [0.25, 0.3) is 0 Å². The lowest BCUT2D eigenvalue weighted by Gasteiger charge is -2.35. The first kappa shape index (κ1) is 41.2. The molecule has 8 atom stereocenters. The SMILES string of the molecule is C=C[C@@H]1C[C@]1(CC(=O)[C@@H]1C[C@@H](Oc2cc(-n3ccc(NC(C)C)n3)nc3cc(OCCOC)ccc23)CN1C(=O)[C@@H](CC(=O)OC1C[C@@H]2C[C@@H]2C1)C(C)(C)C)C(=O)O. The summed E-state index contributed by atoms with van der Waals surface area (Å²) < 4.78 is 25.4. The van der Waals surface area contributed by atoms with Crippen molar-refractivity contribution in [3.63, 3.8) is 0 Å². The smallest absolute Gasteiger partial charge is 0.310 e. The molecule has 3 saturated carbocycles. The first-order valence-electron chi connectivity index (χ1n) is 20.5. The number of aliphatic carboxylic acids is 1. The monoisotopic (exact) mass is 799 g/mol. The van der Waals surface area contributed by atoms with E-state index in [0.717, 1.165) is 12.8 Å². The van der Waals surface area contributed by atoms with Gasteiger partial charge in [-0.05, 0) is 74.8 Å². The maximum Gasteiger partial charge on any atom is 0.310 e. The van der Waals surface area contributed by atoms with E-state index < -0.39 is 40.8 Å². The summed E-state index contributed by atoms with van der Waals surface area (Å²) in [6.07, 6.45) is 5.61. The van der Waals surface area contributed by atoms with Gasteiger partial charge in [-0.2, -0.15) is 0 Å². The van der Waals surface area contributed by atoms with Crippen LogP contribution >= 0.6 is 0 Å². The molecule has 312 valence electrons. The number of amides is 1. The fourth-order valence-electron chi connectivity index (χ4n) is 8.86. The van der Waals surface area contributed by atoms with Crippen LogP contribution in [0.5, 0.6) is 11.5 Å². The van der Waals surface area contributed by atoms with E-state index in [2.05, 4.69) is 17.0 Å². The number of esters is 1. The van der Waals surface area contributed by atoms with Crippen molar-refractivity contribution in [2.75, 3.05) is 32.2 Å². The second kappa shape index (κ2) is 16.3. The maximum absolute atomic E-state index is 14.8. The Morgan fingerprint density at radius 1 is 1.05 bits per heavy atom. The van der Waals surface area contributed by atoms with E-state index in [1.807, 2.05) is 58.9 Å². The number of carboxylic acid groups (broad SMARTS) is 1. The third kappa shape index (κ3) is 8.86. The summed E-state index contributed by atoms with van der Waals surface area (Å²) in [5, 5.41) is 18.9. The molecule has 3 aliphatic carbocycles. The number of Topliss-reactive ketones (excluding diaryl/α,β-unsaturated/α-hetero) is 1. The molecule has 3 heterocycles. The summed E-state index contributed by atoms with van der Waals surface area (Å²) in [5.41, 5.74) is -1.33. The molecule has 3 aromatic rings. The molecule has 2 aromatic heterocycles. The minimum Gasteiger partial charge on any atom is -0.491 e. The fraction of sp³-hybridized carbons (Fsp3) is 0.591. The number of carboxylic acids is 1. The van der Waals surface area contributed by atoms with Crippen LogP contribution < -0.4 is 14.8 Å². The Balaban J connectivity index is 1.19. The van der Waals surface area contributed by atoms with Gasteiger partial charge in [0.15, 0.2) is 11.6 Å². The van der Waals surface area contributed by atoms with Crippen LogP contribution in [0.4, 0.5) is 5.82 Å².